The molecule has 0 spiro atoms. The van der Waals surface area contributed by atoms with Crippen molar-refractivity contribution in [1.82, 2.24) is 5.32 Å². The van der Waals surface area contributed by atoms with Gasteiger partial charge in [0.1, 0.15) is 17.4 Å². The zero-order valence-corrected chi connectivity index (χ0v) is 10.4. The molecular weight excluding hydrogens is 252 g/mol. The third-order valence-corrected chi connectivity index (χ3v) is 2.95. The third kappa shape index (κ3) is 3.19. The van der Waals surface area contributed by atoms with E-state index < -0.39 is 17.7 Å². The maximum atomic E-state index is 13.6. The molecule has 19 heavy (non-hydrogen) atoms. The van der Waals surface area contributed by atoms with Crippen molar-refractivity contribution in [3.05, 3.63) is 59.6 Å². The van der Waals surface area contributed by atoms with Gasteiger partial charge in [-0.3, -0.25) is 5.32 Å². The molecule has 0 fully saturated rings. The number of furan rings is 1. The summed E-state index contributed by atoms with van der Waals surface area (Å²) in [5.41, 5.74) is 0.339. The smallest absolute Gasteiger partial charge is 0.130 e. The van der Waals surface area contributed by atoms with E-state index in [1.165, 1.54) is 18.4 Å². The zero-order chi connectivity index (χ0) is 13.8. The van der Waals surface area contributed by atoms with Crippen molar-refractivity contribution in [2.75, 3.05) is 6.61 Å². The first-order valence-corrected chi connectivity index (χ1v) is 5.97. The van der Waals surface area contributed by atoms with Gasteiger partial charge in [0.2, 0.25) is 0 Å². The summed E-state index contributed by atoms with van der Waals surface area (Å²) in [5.74, 6) is -0.661. The molecule has 2 aromatic rings. The highest BCUT2D eigenvalue weighted by Gasteiger charge is 2.19. The van der Waals surface area contributed by atoms with Gasteiger partial charge in [0, 0.05) is 17.7 Å². The van der Waals surface area contributed by atoms with Crippen molar-refractivity contribution < 1.29 is 18.3 Å². The van der Waals surface area contributed by atoms with Crippen LogP contribution in [-0.4, -0.2) is 11.7 Å². The molecule has 5 heteroatoms. The van der Waals surface area contributed by atoms with Gasteiger partial charge in [-0.25, -0.2) is 8.78 Å². The number of aliphatic hydroxyl groups is 1. The Morgan fingerprint density at radius 3 is 2.68 bits per heavy atom. The van der Waals surface area contributed by atoms with Crippen LogP contribution in [0.15, 0.2) is 41.0 Å². The molecule has 2 atom stereocenters. The van der Waals surface area contributed by atoms with Crippen molar-refractivity contribution in [1.29, 1.82) is 0 Å². The van der Waals surface area contributed by atoms with Crippen LogP contribution in [0.2, 0.25) is 0 Å². The van der Waals surface area contributed by atoms with Gasteiger partial charge >= 0.3 is 0 Å². The molecule has 0 amide bonds. The molecule has 0 saturated carbocycles. The SMILES string of the molecule is CC(NC(CO)c1ccco1)c1ccc(F)cc1F. The molecular formula is C14H15F2NO2. The van der Waals surface area contributed by atoms with Gasteiger partial charge in [-0.15, -0.1) is 0 Å². The quantitative estimate of drug-likeness (QED) is 0.875. The Morgan fingerprint density at radius 1 is 1.32 bits per heavy atom. The second kappa shape index (κ2) is 5.95. The average molecular weight is 267 g/mol. The maximum Gasteiger partial charge on any atom is 0.130 e. The minimum Gasteiger partial charge on any atom is -0.468 e. The lowest BCUT2D eigenvalue weighted by atomic mass is 10.1. The molecule has 102 valence electrons. The van der Waals surface area contributed by atoms with Crippen molar-refractivity contribution in [3.8, 4) is 0 Å². The lowest BCUT2D eigenvalue weighted by Crippen LogP contribution is -2.27. The normalized spacial score (nSPS) is 14.3. The predicted octanol–water partition coefficient (Wildman–Crippen LogP) is 2.94. The van der Waals surface area contributed by atoms with Gasteiger partial charge in [-0.2, -0.15) is 0 Å². The summed E-state index contributed by atoms with van der Waals surface area (Å²) in [6.45, 7) is 1.56. The van der Waals surface area contributed by atoms with Crippen molar-refractivity contribution in [2.24, 2.45) is 0 Å². The topological polar surface area (TPSA) is 45.4 Å². The van der Waals surface area contributed by atoms with Gasteiger partial charge in [-0.05, 0) is 25.1 Å². The van der Waals surface area contributed by atoms with Crippen molar-refractivity contribution in [2.45, 2.75) is 19.0 Å². The first kappa shape index (κ1) is 13.7. The fourth-order valence-corrected chi connectivity index (χ4v) is 1.96. The minimum absolute atomic E-state index is 0.180. The van der Waals surface area contributed by atoms with E-state index in [9.17, 15) is 13.9 Å². The highest BCUT2D eigenvalue weighted by atomic mass is 19.1. The van der Waals surface area contributed by atoms with Crippen LogP contribution in [0.4, 0.5) is 8.78 Å². The van der Waals surface area contributed by atoms with Crippen LogP contribution < -0.4 is 5.32 Å². The van der Waals surface area contributed by atoms with E-state index in [1.54, 1.807) is 19.1 Å². The number of hydrogen-bond acceptors (Lipinski definition) is 3. The molecule has 1 heterocycles. The fraction of sp³-hybridized carbons (Fsp3) is 0.286. The Kier molecular flexibility index (Phi) is 4.29. The van der Waals surface area contributed by atoms with Crippen molar-refractivity contribution in [3.63, 3.8) is 0 Å². The highest BCUT2D eigenvalue weighted by Crippen LogP contribution is 2.22. The first-order valence-electron chi connectivity index (χ1n) is 5.97. The Hall–Kier alpha value is -1.72. The molecule has 2 N–H and O–H groups in total. The van der Waals surface area contributed by atoms with E-state index in [4.69, 9.17) is 4.42 Å². The standard InChI is InChI=1S/C14H15F2NO2/c1-9(11-5-4-10(15)7-12(11)16)17-13(8-18)14-3-2-6-19-14/h2-7,9,13,17-18H,8H2,1H3. The minimum atomic E-state index is -0.615. The van der Waals surface area contributed by atoms with E-state index in [-0.39, 0.29) is 12.6 Å². The first-order chi connectivity index (χ1) is 9.11. The number of benzene rings is 1. The molecule has 0 radical (unpaired) electrons. The highest BCUT2D eigenvalue weighted by molar-refractivity contribution is 5.22. The Labute approximate surface area is 109 Å². The number of rotatable bonds is 5. The van der Waals surface area contributed by atoms with Crippen molar-refractivity contribution >= 4 is 0 Å². The molecule has 1 aromatic carbocycles. The van der Waals surface area contributed by atoms with Crippen LogP contribution in [0.5, 0.6) is 0 Å². The van der Waals surface area contributed by atoms with Crippen LogP contribution in [-0.2, 0) is 0 Å². The lowest BCUT2D eigenvalue weighted by Gasteiger charge is -2.20. The van der Waals surface area contributed by atoms with Gasteiger partial charge in [0.05, 0.1) is 18.9 Å². The number of aliphatic hydroxyl groups excluding tert-OH is 1. The van der Waals surface area contributed by atoms with Crippen LogP contribution in [0.1, 0.15) is 30.3 Å². The number of hydrogen-bond donors (Lipinski definition) is 2. The summed E-state index contributed by atoms with van der Waals surface area (Å²) in [6.07, 6.45) is 1.50. The molecule has 3 nitrogen and oxygen atoms in total. The summed E-state index contributed by atoms with van der Waals surface area (Å²) in [4.78, 5) is 0. The van der Waals surface area contributed by atoms with Crippen LogP contribution in [0.3, 0.4) is 0 Å². The van der Waals surface area contributed by atoms with E-state index in [0.29, 0.717) is 11.3 Å². The molecule has 0 aliphatic heterocycles. The van der Waals surface area contributed by atoms with Crippen LogP contribution >= 0.6 is 0 Å². The number of halogens is 2. The van der Waals surface area contributed by atoms with Crippen LogP contribution in [0.25, 0.3) is 0 Å². The van der Waals surface area contributed by atoms with E-state index in [1.807, 2.05) is 0 Å². The van der Waals surface area contributed by atoms with Crippen LogP contribution in [0, 0.1) is 11.6 Å². The van der Waals surface area contributed by atoms with Gasteiger partial charge < -0.3 is 9.52 Å². The molecule has 2 unspecified atom stereocenters. The molecule has 0 saturated heterocycles. The zero-order valence-electron chi connectivity index (χ0n) is 10.4. The summed E-state index contributed by atoms with van der Waals surface area (Å²) >= 11 is 0. The summed E-state index contributed by atoms with van der Waals surface area (Å²) in [6, 6.07) is 6.05. The molecule has 0 bridgehead atoms. The monoisotopic (exact) mass is 267 g/mol. The van der Waals surface area contributed by atoms with E-state index >= 15 is 0 Å². The second-order valence-corrected chi connectivity index (χ2v) is 4.30. The summed E-state index contributed by atoms with van der Waals surface area (Å²) in [5, 5.41) is 12.4. The number of nitrogens with one attached hydrogen (secondary N) is 1. The molecule has 2 rings (SSSR count). The summed E-state index contributed by atoms with van der Waals surface area (Å²) in [7, 11) is 0. The second-order valence-electron chi connectivity index (χ2n) is 4.30. The predicted molar refractivity (Wildman–Crippen MR) is 66.4 cm³/mol. The maximum absolute atomic E-state index is 13.6. The summed E-state index contributed by atoms with van der Waals surface area (Å²) < 4.78 is 31.7. The van der Waals surface area contributed by atoms with Gasteiger partial charge in [0.15, 0.2) is 0 Å². The molecule has 0 aliphatic carbocycles. The molecule has 1 aromatic heterocycles. The Morgan fingerprint density at radius 2 is 2.11 bits per heavy atom. The Bertz CT molecular complexity index is 528. The largest absolute Gasteiger partial charge is 0.468 e. The van der Waals surface area contributed by atoms with E-state index in [0.717, 1.165) is 6.07 Å². The third-order valence-electron chi connectivity index (χ3n) is 2.95. The van der Waals surface area contributed by atoms with Gasteiger partial charge in [-0.1, -0.05) is 6.07 Å². The van der Waals surface area contributed by atoms with E-state index in [2.05, 4.69) is 5.32 Å². The average Bonchev–Trinajstić information content (AvgIpc) is 2.89. The fourth-order valence-electron chi connectivity index (χ4n) is 1.96. The lowest BCUT2D eigenvalue weighted by molar-refractivity contribution is 0.216. The van der Waals surface area contributed by atoms with Gasteiger partial charge in [0.25, 0.3) is 0 Å². The Balaban J connectivity index is 2.13. The molecule has 0 aliphatic rings.